The zero-order chi connectivity index (χ0) is 12.7. The van der Waals surface area contributed by atoms with Gasteiger partial charge in [0.25, 0.3) is 0 Å². The van der Waals surface area contributed by atoms with E-state index in [1.165, 1.54) is 0 Å². The van der Waals surface area contributed by atoms with Crippen molar-refractivity contribution in [3.05, 3.63) is 29.8 Å². The van der Waals surface area contributed by atoms with Crippen LogP contribution >= 0.6 is 0 Å². The molecule has 0 aliphatic rings. The third kappa shape index (κ3) is 4.47. The molecule has 0 saturated heterocycles. The number of rotatable bonds is 6. The number of carbonyl (C=O) groups is 1. The lowest BCUT2D eigenvalue weighted by Gasteiger charge is -2.12. The molecule has 0 fully saturated rings. The fourth-order valence-electron chi connectivity index (χ4n) is 1.48. The summed E-state index contributed by atoms with van der Waals surface area (Å²) in [6.07, 6.45) is 0.427. The van der Waals surface area contributed by atoms with E-state index < -0.39 is 0 Å². The minimum absolute atomic E-state index is 0.150. The molecule has 0 bridgehead atoms. The zero-order valence-electron chi connectivity index (χ0n) is 10.7. The van der Waals surface area contributed by atoms with E-state index in [2.05, 4.69) is 0 Å². The molecule has 1 aromatic carbocycles. The highest BCUT2D eigenvalue weighted by Crippen LogP contribution is 2.19. The summed E-state index contributed by atoms with van der Waals surface area (Å²) in [6, 6.07) is 7.90. The third-order valence-electron chi connectivity index (χ3n) is 2.54. The van der Waals surface area contributed by atoms with Gasteiger partial charge >= 0.3 is 5.97 Å². The SMILES string of the molecule is CCOc1ccc(C(C)COC(=O)CC)cc1. The molecule has 0 N–H and O–H groups in total. The molecule has 0 aliphatic heterocycles. The van der Waals surface area contributed by atoms with Crippen molar-refractivity contribution < 1.29 is 14.3 Å². The quantitative estimate of drug-likeness (QED) is 0.712. The van der Waals surface area contributed by atoms with Crippen LogP contribution in [-0.2, 0) is 9.53 Å². The summed E-state index contributed by atoms with van der Waals surface area (Å²) in [6.45, 7) is 6.90. The van der Waals surface area contributed by atoms with Gasteiger partial charge in [0.1, 0.15) is 5.75 Å². The Bertz CT molecular complexity index is 343. The summed E-state index contributed by atoms with van der Waals surface area (Å²) >= 11 is 0. The summed E-state index contributed by atoms with van der Waals surface area (Å²) < 4.78 is 10.5. The smallest absolute Gasteiger partial charge is 0.305 e. The topological polar surface area (TPSA) is 35.5 Å². The van der Waals surface area contributed by atoms with Gasteiger partial charge in [0.2, 0.25) is 0 Å². The largest absolute Gasteiger partial charge is 0.494 e. The lowest BCUT2D eigenvalue weighted by Crippen LogP contribution is -2.09. The van der Waals surface area contributed by atoms with Gasteiger partial charge in [-0.2, -0.15) is 0 Å². The molecule has 0 heterocycles. The van der Waals surface area contributed by atoms with Crippen LogP contribution in [0.2, 0.25) is 0 Å². The van der Waals surface area contributed by atoms with Crippen LogP contribution in [-0.4, -0.2) is 19.2 Å². The second-order valence-corrected chi connectivity index (χ2v) is 3.94. The molecule has 1 rings (SSSR count). The Labute approximate surface area is 103 Å². The molecule has 17 heavy (non-hydrogen) atoms. The van der Waals surface area contributed by atoms with E-state index >= 15 is 0 Å². The second kappa shape index (κ2) is 6.94. The molecule has 1 unspecified atom stereocenters. The molecular formula is C14H20O3. The van der Waals surface area contributed by atoms with Crippen molar-refractivity contribution in [2.24, 2.45) is 0 Å². The first-order valence-electron chi connectivity index (χ1n) is 6.05. The van der Waals surface area contributed by atoms with Crippen LogP contribution in [0.25, 0.3) is 0 Å². The van der Waals surface area contributed by atoms with Crippen LogP contribution < -0.4 is 4.74 Å². The lowest BCUT2D eigenvalue weighted by molar-refractivity contribution is -0.143. The number of hydrogen-bond acceptors (Lipinski definition) is 3. The number of esters is 1. The maximum atomic E-state index is 11.0. The molecule has 0 radical (unpaired) electrons. The van der Waals surface area contributed by atoms with Crippen LogP contribution in [0.1, 0.15) is 38.7 Å². The van der Waals surface area contributed by atoms with Crippen LogP contribution in [0, 0.1) is 0 Å². The molecule has 1 aromatic rings. The van der Waals surface area contributed by atoms with Gasteiger partial charge in [0, 0.05) is 12.3 Å². The number of ether oxygens (including phenoxy) is 2. The first-order valence-corrected chi connectivity index (χ1v) is 6.05. The highest BCUT2D eigenvalue weighted by molar-refractivity contribution is 5.68. The Balaban J connectivity index is 2.51. The molecule has 0 aromatic heterocycles. The van der Waals surface area contributed by atoms with Gasteiger partial charge in [-0.15, -0.1) is 0 Å². The molecule has 94 valence electrons. The molecule has 0 aliphatic carbocycles. The summed E-state index contributed by atoms with van der Waals surface area (Å²) in [4.78, 5) is 11.0. The van der Waals surface area contributed by atoms with Crippen molar-refractivity contribution in [1.29, 1.82) is 0 Å². The van der Waals surface area contributed by atoms with Crippen molar-refractivity contribution in [3.8, 4) is 5.75 Å². The molecule has 0 spiro atoms. The van der Waals surface area contributed by atoms with E-state index in [4.69, 9.17) is 9.47 Å². The Morgan fingerprint density at radius 2 is 1.88 bits per heavy atom. The first kappa shape index (κ1) is 13.6. The van der Waals surface area contributed by atoms with Crippen molar-refractivity contribution in [1.82, 2.24) is 0 Å². The van der Waals surface area contributed by atoms with E-state index in [0.29, 0.717) is 19.6 Å². The normalized spacial score (nSPS) is 11.9. The first-order chi connectivity index (χ1) is 8.17. The van der Waals surface area contributed by atoms with Gasteiger partial charge in [-0.1, -0.05) is 26.0 Å². The van der Waals surface area contributed by atoms with Gasteiger partial charge in [-0.05, 0) is 24.6 Å². The average Bonchev–Trinajstić information content (AvgIpc) is 2.36. The Kier molecular flexibility index (Phi) is 5.53. The number of carbonyl (C=O) groups excluding carboxylic acids is 1. The maximum absolute atomic E-state index is 11.0. The summed E-state index contributed by atoms with van der Waals surface area (Å²) in [7, 11) is 0. The maximum Gasteiger partial charge on any atom is 0.305 e. The minimum atomic E-state index is -0.150. The van der Waals surface area contributed by atoms with E-state index in [0.717, 1.165) is 11.3 Å². The fraction of sp³-hybridized carbons (Fsp3) is 0.500. The Morgan fingerprint density at radius 1 is 1.24 bits per heavy atom. The minimum Gasteiger partial charge on any atom is -0.494 e. The molecule has 1 atom stereocenters. The van der Waals surface area contributed by atoms with Crippen molar-refractivity contribution in [3.63, 3.8) is 0 Å². The Morgan fingerprint density at radius 3 is 2.41 bits per heavy atom. The summed E-state index contributed by atoms with van der Waals surface area (Å²) in [5.41, 5.74) is 1.15. The van der Waals surface area contributed by atoms with Crippen LogP contribution in [0.5, 0.6) is 5.75 Å². The van der Waals surface area contributed by atoms with Crippen molar-refractivity contribution in [2.45, 2.75) is 33.1 Å². The Hall–Kier alpha value is -1.51. The number of benzene rings is 1. The lowest BCUT2D eigenvalue weighted by atomic mass is 10.0. The van der Waals surface area contributed by atoms with Crippen molar-refractivity contribution in [2.75, 3.05) is 13.2 Å². The highest BCUT2D eigenvalue weighted by Gasteiger charge is 2.08. The van der Waals surface area contributed by atoms with E-state index in [1.54, 1.807) is 6.92 Å². The molecule has 3 heteroatoms. The van der Waals surface area contributed by atoms with Crippen molar-refractivity contribution >= 4 is 5.97 Å². The van der Waals surface area contributed by atoms with Crippen LogP contribution in [0.3, 0.4) is 0 Å². The van der Waals surface area contributed by atoms with Gasteiger partial charge < -0.3 is 9.47 Å². The fourth-order valence-corrected chi connectivity index (χ4v) is 1.48. The number of hydrogen-bond donors (Lipinski definition) is 0. The molecule has 0 amide bonds. The van der Waals surface area contributed by atoms with Gasteiger partial charge in [0.05, 0.1) is 13.2 Å². The van der Waals surface area contributed by atoms with Gasteiger partial charge in [-0.25, -0.2) is 0 Å². The summed E-state index contributed by atoms with van der Waals surface area (Å²) in [5.74, 6) is 0.929. The van der Waals surface area contributed by atoms with E-state index in [-0.39, 0.29) is 11.9 Å². The highest BCUT2D eigenvalue weighted by atomic mass is 16.5. The summed E-state index contributed by atoms with van der Waals surface area (Å²) in [5, 5.41) is 0. The second-order valence-electron chi connectivity index (χ2n) is 3.94. The molecular weight excluding hydrogens is 216 g/mol. The van der Waals surface area contributed by atoms with Gasteiger partial charge in [0.15, 0.2) is 0 Å². The van der Waals surface area contributed by atoms with Crippen LogP contribution in [0.4, 0.5) is 0 Å². The third-order valence-corrected chi connectivity index (χ3v) is 2.54. The monoisotopic (exact) mass is 236 g/mol. The average molecular weight is 236 g/mol. The van der Waals surface area contributed by atoms with Crippen LogP contribution in [0.15, 0.2) is 24.3 Å². The van der Waals surface area contributed by atoms with E-state index in [1.807, 2.05) is 38.1 Å². The predicted molar refractivity (Wildman–Crippen MR) is 67.3 cm³/mol. The zero-order valence-corrected chi connectivity index (χ0v) is 10.7. The molecule has 0 saturated carbocycles. The van der Waals surface area contributed by atoms with E-state index in [9.17, 15) is 4.79 Å². The predicted octanol–water partition coefficient (Wildman–Crippen LogP) is 3.14. The van der Waals surface area contributed by atoms with Gasteiger partial charge in [-0.3, -0.25) is 4.79 Å². The molecule has 3 nitrogen and oxygen atoms in total. The standard InChI is InChI=1S/C14H20O3/c1-4-14(15)17-10-11(3)12-6-8-13(9-7-12)16-5-2/h6-9,11H,4-5,10H2,1-3H3.